The molecular weight excluding hydrogens is 551 g/mol. The number of aliphatic hydroxyl groups excluding tert-OH is 1. The van der Waals surface area contributed by atoms with Gasteiger partial charge in [0, 0.05) is 23.9 Å². The van der Waals surface area contributed by atoms with Crippen LogP contribution in [0, 0.1) is 11.7 Å². The first-order valence-electron chi connectivity index (χ1n) is 12.6. The Morgan fingerprint density at radius 3 is 2.62 bits per heavy atom. The molecule has 2 aromatic heterocycles. The summed E-state index contributed by atoms with van der Waals surface area (Å²) < 4.78 is 48.8. The van der Waals surface area contributed by atoms with E-state index in [4.69, 9.17) is 16.3 Å². The topological polar surface area (TPSA) is 151 Å². The van der Waals surface area contributed by atoms with Gasteiger partial charge in [0.25, 0.3) is 0 Å². The fraction of sp³-hybridized carbons (Fsp3) is 0.560. The first-order valence-corrected chi connectivity index (χ1v) is 14.9. The van der Waals surface area contributed by atoms with Gasteiger partial charge < -0.3 is 24.8 Å². The number of hydrogen-bond donors (Lipinski definition) is 4. The van der Waals surface area contributed by atoms with Gasteiger partial charge >= 0.3 is 0 Å². The van der Waals surface area contributed by atoms with E-state index in [1.165, 1.54) is 12.3 Å². The number of benzene rings is 1. The van der Waals surface area contributed by atoms with Crippen LogP contribution >= 0.6 is 11.6 Å². The van der Waals surface area contributed by atoms with Crippen LogP contribution in [-0.2, 0) is 20.4 Å². The minimum Gasteiger partial charge on any atom is -0.390 e. The quantitative estimate of drug-likeness (QED) is 0.329. The highest BCUT2D eigenvalue weighted by Gasteiger charge is 2.57. The summed E-state index contributed by atoms with van der Waals surface area (Å²) in [5.41, 5.74) is -0.987. The van der Waals surface area contributed by atoms with Gasteiger partial charge in [0.15, 0.2) is 5.82 Å². The Morgan fingerprint density at radius 2 is 2.00 bits per heavy atom. The standard InChI is InChI=1S/C25H32ClFN6O5S/c1-12(2)33-17-7-13(6-16(27)20(17)29-22(33)24(3,4)35)19-15(26)10-28-23(30-19)31-25-8-14(21(25)34)11-38-18(9-25)32-39(5,36)37/h6-7,10,12,14,18,21,32,34-35H,8-9,11H2,1-5H3,(H,28,30,31)/t14-,18+,21+,25-/m0/s1. The second-order valence-corrected chi connectivity index (χ2v) is 13.5. The van der Waals surface area contributed by atoms with E-state index in [1.54, 1.807) is 24.5 Å². The van der Waals surface area contributed by atoms with Crippen molar-refractivity contribution in [2.24, 2.45) is 5.92 Å². The lowest BCUT2D eigenvalue weighted by Gasteiger charge is -2.50. The van der Waals surface area contributed by atoms with Crippen LogP contribution in [0.25, 0.3) is 22.3 Å². The van der Waals surface area contributed by atoms with Gasteiger partial charge in [-0.2, -0.15) is 4.72 Å². The Hall–Kier alpha value is -2.42. The summed E-state index contributed by atoms with van der Waals surface area (Å²) in [6.45, 7) is 7.23. The number of nitrogens with one attached hydrogen (secondary N) is 2. The molecule has 1 saturated carbocycles. The van der Waals surface area contributed by atoms with Crippen LogP contribution in [-0.4, -0.2) is 68.9 Å². The monoisotopic (exact) mass is 582 g/mol. The van der Waals surface area contributed by atoms with E-state index in [-0.39, 0.29) is 47.2 Å². The molecule has 2 saturated heterocycles. The van der Waals surface area contributed by atoms with E-state index in [0.717, 1.165) is 6.26 Å². The van der Waals surface area contributed by atoms with Gasteiger partial charge in [-0.25, -0.2) is 27.8 Å². The summed E-state index contributed by atoms with van der Waals surface area (Å²) in [5, 5.41) is 24.9. The molecule has 2 bridgehead atoms. The van der Waals surface area contributed by atoms with Gasteiger partial charge in [0.2, 0.25) is 16.0 Å². The molecule has 3 aromatic rings. The van der Waals surface area contributed by atoms with E-state index in [1.807, 2.05) is 13.8 Å². The molecule has 6 rings (SSSR count). The van der Waals surface area contributed by atoms with Crippen molar-refractivity contribution >= 4 is 38.6 Å². The van der Waals surface area contributed by atoms with Crippen molar-refractivity contribution in [1.82, 2.24) is 24.2 Å². The Balaban J connectivity index is 1.53. The van der Waals surface area contributed by atoms with Crippen LogP contribution in [0.1, 0.15) is 52.4 Å². The molecule has 3 aliphatic rings. The molecule has 0 unspecified atom stereocenters. The molecule has 2 aliphatic heterocycles. The highest BCUT2D eigenvalue weighted by atomic mass is 35.5. The minimum atomic E-state index is -3.54. The molecule has 14 heteroatoms. The molecular formula is C25H32ClFN6O5S. The normalized spacial score (nSPS) is 25.5. The predicted molar refractivity (Wildman–Crippen MR) is 144 cm³/mol. The van der Waals surface area contributed by atoms with Crippen LogP contribution in [0.4, 0.5) is 10.3 Å². The zero-order chi connectivity index (χ0) is 28.5. The molecule has 0 amide bonds. The van der Waals surface area contributed by atoms with Crippen LogP contribution in [0.2, 0.25) is 5.02 Å². The number of sulfonamides is 1. The van der Waals surface area contributed by atoms with Crippen molar-refractivity contribution < 1.29 is 27.8 Å². The number of rotatable bonds is 7. The fourth-order valence-electron chi connectivity index (χ4n) is 5.56. The van der Waals surface area contributed by atoms with Crippen molar-refractivity contribution in [1.29, 1.82) is 0 Å². The summed E-state index contributed by atoms with van der Waals surface area (Å²) in [6, 6.07) is 2.88. The van der Waals surface area contributed by atoms with Crippen LogP contribution in [0.3, 0.4) is 0 Å². The van der Waals surface area contributed by atoms with E-state index >= 15 is 4.39 Å². The maximum Gasteiger partial charge on any atom is 0.223 e. The smallest absolute Gasteiger partial charge is 0.223 e. The number of ether oxygens (including phenoxy) is 1. The Bertz CT molecular complexity index is 1540. The lowest BCUT2D eigenvalue weighted by molar-refractivity contribution is -0.0540. The van der Waals surface area contributed by atoms with E-state index in [9.17, 15) is 18.6 Å². The molecule has 4 N–H and O–H groups in total. The third-order valence-electron chi connectivity index (χ3n) is 7.24. The summed E-state index contributed by atoms with van der Waals surface area (Å²) >= 11 is 6.47. The molecule has 0 radical (unpaired) electrons. The first kappa shape index (κ1) is 28.1. The summed E-state index contributed by atoms with van der Waals surface area (Å²) in [5.74, 6) is -0.293. The molecule has 4 heterocycles. The van der Waals surface area contributed by atoms with Gasteiger partial charge in [-0.15, -0.1) is 0 Å². The highest BCUT2D eigenvalue weighted by molar-refractivity contribution is 7.88. The van der Waals surface area contributed by atoms with Gasteiger partial charge in [-0.3, -0.25) is 0 Å². The number of fused-ring (bicyclic) bond motifs is 4. The molecule has 11 nitrogen and oxygen atoms in total. The third-order valence-corrected chi connectivity index (χ3v) is 8.20. The summed E-state index contributed by atoms with van der Waals surface area (Å²) in [4.78, 5) is 13.2. The molecule has 0 spiro atoms. The molecule has 3 fully saturated rings. The highest BCUT2D eigenvalue weighted by Crippen LogP contribution is 2.46. The largest absolute Gasteiger partial charge is 0.390 e. The lowest BCUT2D eigenvalue weighted by atomic mass is 9.64. The van der Waals surface area contributed by atoms with Crippen molar-refractivity contribution in [3.63, 3.8) is 0 Å². The molecule has 39 heavy (non-hydrogen) atoms. The zero-order valence-electron chi connectivity index (χ0n) is 22.2. The van der Waals surface area contributed by atoms with Crippen molar-refractivity contribution in [3.8, 4) is 11.3 Å². The van der Waals surface area contributed by atoms with Crippen molar-refractivity contribution in [3.05, 3.63) is 35.0 Å². The number of imidazole rings is 1. The molecule has 1 aliphatic carbocycles. The van der Waals surface area contributed by atoms with Gasteiger partial charge in [-0.05, 0) is 46.2 Å². The number of hydrogen-bond acceptors (Lipinski definition) is 9. The zero-order valence-corrected chi connectivity index (χ0v) is 23.8. The number of aliphatic hydroxyl groups is 2. The number of nitrogens with zero attached hydrogens (tertiary/aromatic N) is 4. The second kappa shape index (κ2) is 9.60. The van der Waals surface area contributed by atoms with Crippen LogP contribution in [0.5, 0.6) is 0 Å². The van der Waals surface area contributed by atoms with Crippen molar-refractivity contribution in [2.75, 3.05) is 18.2 Å². The Morgan fingerprint density at radius 1 is 1.28 bits per heavy atom. The molecule has 212 valence electrons. The molecule has 1 aromatic carbocycles. The van der Waals surface area contributed by atoms with E-state index in [2.05, 4.69) is 25.0 Å². The second-order valence-electron chi connectivity index (χ2n) is 11.3. The summed E-state index contributed by atoms with van der Waals surface area (Å²) in [7, 11) is -3.54. The SMILES string of the molecule is CC(C)n1c(C(C)(C)O)nc2c(F)cc(-c3nc(N[C@@]45C[C@@H](CO[C@@H](NS(C)(=O)=O)C4)[C@H]5O)ncc3Cl)cc21. The third kappa shape index (κ3) is 5.23. The van der Waals surface area contributed by atoms with Gasteiger partial charge in [0.05, 0.1) is 46.9 Å². The Labute approximate surface area is 230 Å². The van der Waals surface area contributed by atoms with Gasteiger partial charge in [-0.1, -0.05) is 11.6 Å². The average molecular weight is 583 g/mol. The fourth-order valence-corrected chi connectivity index (χ4v) is 6.39. The average Bonchev–Trinajstić information content (AvgIpc) is 3.07. The van der Waals surface area contributed by atoms with E-state index < -0.39 is 39.3 Å². The number of halogens is 2. The van der Waals surface area contributed by atoms with Gasteiger partial charge in [0.1, 0.15) is 23.2 Å². The lowest BCUT2D eigenvalue weighted by Crippen LogP contribution is -2.64. The summed E-state index contributed by atoms with van der Waals surface area (Å²) in [6.07, 6.45) is 1.44. The van der Waals surface area contributed by atoms with Crippen molar-refractivity contribution in [2.45, 2.75) is 70.1 Å². The Kier molecular flexibility index (Phi) is 6.92. The van der Waals surface area contributed by atoms with E-state index in [0.29, 0.717) is 23.3 Å². The molecule has 4 atom stereocenters. The minimum absolute atomic E-state index is 0.123. The van der Waals surface area contributed by atoms with Crippen LogP contribution in [0.15, 0.2) is 18.3 Å². The number of aromatic nitrogens is 4. The van der Waals surface area contributed by atoms with Crippen LogP contribution < -0.4 is 10.0 Å². The first-order chi connectivity index (χ1) is 18.1. The maximum atomic E-state index is 15.4. The predicted octanol–water partition coefficient (Wildman–Crippen LogP) is 2.92. The number of anilines is 1. The maximum absolute atomic E-state index is 15.4.